The lowest BCUT2D eigenvalue weighted by atomic mass is 9.98. The van der Waals surface area contributed by atoms with Crippen molar-refractivity contribution in [3.63, 3.8) is 0 Å². The quantitative estimate of drug-likeness (QED) is 0.345. The number of phenols is 1. The summed E-state index contributed by atoms with van der Waals surface area (Å²) in [5.41, 5.74) is 2.47. The van der Waals surface area contributed by atoms with E-state index in [1.54, 1.807) is 30.3 Å². The van der Waals surface area contributed by atoms with Crippen molar-refractivity contribution in [2.45, 2.75) is 32.4 Å². The number of ether oxygens (including phenoxy) is 1. The fourth-order valence-corrected chi connectivity index (χ4v) is 5.17. The van der Waals surface area contributed by atoms with Gasteiger partial charge in [-0.1, -0.05) is 12.1 Å². The van der Waals surface area contributed by atoms with Crippen molar-refractivity contribution < 1.29 is 24.5 Å². The standard InChI is InChI=1S/C25H21NO5S/c1-13-5-7-18(27)17(10-13)26-22(20-4-3-9-32-20)21(24(29)25(26)30)23(28)15-6-8-19-16(12-15)11-14(2)31-19/h3-10,12,14,22,27-28H,11H2,1-2H3/b23-21-. The van der Waals surface area contributed by atoms with Crippen molar-refractivity contribution in [3.8, 4) is 11.5 Å². The first-order chi connectivity index (χ1) is 15.3. The summed E-state index contributed by atoms with van der Waals surface area (Å²) in [4.78, 5) is 28.3. The molecule has 2 atom stereocenters. The molecule has 162 valence electrons. The molecule has 2 unspecified atom stereocenters. The molecule has 1 aromatic heterocycles. The van der Waals surface area contributed by atoms with Crippen molar-refractivity contribution in [2.75, 3.05) is 4.90 Å². The minimum Gasteiger partial charge on any atom is -0.507 e. The summed E-state index contributed by atoms with van der Waals surface area (Å²) >= 11 is 1.38. The van der Waals surface area contributed by atoms with Gasteiger partial charge in [-0.25, -0.2) is 0 Å². The lowest BCUT2D eigenvalue weighted by Crippen LogP contribution is -2.29. The third-order valence-corrected chi connectivity index (χ3v) is 6.74. The van der Waals surface area contributed by atoms with Crippen molar-refractivity contribution >= 4 is 34.5 Å². The van der Waals surface area contributed by atoms with E-state index in [1.165, 1.54) is 22.3 Å². The van der Waals surface area contributed by atoms with Gasteiger partial charge in [0, 0.05) is 16.9 Å². The van der Waals surface area contributed by atoms with Gasteiger partial charge in [0.05, 0.1) is 11.3 Å². The highest BCUT2D eigenvalue weighted by atomic mass is 32.1. The number of aryl methyl sites for hydroxylation is 1. The molecule has 0 spiro atoms. The van der Waals surface area contributed by atoms with Crippen LogP contribution in [0.1, 0.15) is 34.5 Å². The molecule has 5 rings (SSSR count). The lowest BCUT2D eigenvalue weighted by Gasteiger charge is -2.25. The molecule has 1 amide bonds. The molecule has 3 heterocycles. The minimum atomic E-state index is -0.842. The third-order valence-electron chi connectivity index (χ3n) is 5.82. The number of phenolic OH excluding ortho intramolecular Hbond substituents is 1. The van der Waals surface area contributed by atoms with E-state index in [9.17, 15) is 19.8 Å². The Hall–Kier alpha value is -3.58. The molecule has 7 heteroatoms. The highest BCUT2D eigenvalue weighted by Gasteiger charge is 2.48. The number of carbonyl (C=O) groups is 2. The highest BCUT2D eigenvalue weighted by molar-refractivity contribution is 7.10. The second-order valence-corrected chi connectivity index (χ2v) is 9.11. The minimum absolute atomic E-state index is 0.00488. The molecule has 2 N–H and O–H groups in total. The Labute approximate surface area is 189 Å². The van der Waals surface area contributed by atoms with Gasteiger partial charge in [0.1, 0.15) is 29.4 Å². The number of aliphatic hydroxyl groups is 1. The molecule has 2 aliphatic rings. The fourth-order valence-electron chi connectivity index (χ4n) is 4.35. The van der Waals surface area contributed by atoms with E-state index >= 15 is 0 Å². The third kappa shape index (κ3) is 3.17. The van der Waals surface area contributed by atoms with Gasteiger partial charge in [0.15, 0.2) is 0 Å². The number of carbonyl (C=O) groups excluding carboxylic acids is 2. The maximum absolute atomic E-state index is 13.2. The normalized spacial score (nSPS) is 21.6. The summed E-state index contributed by atoms with van der Waals surface area (Å²) in [5.74, 6) is -1.16. The van der Waals surface area contributed by atoms with E-state index in [-0.39, 0.29) is 28.9 Å². The van der Waals surface area contributed by atoms with Crippen molar-refractivity contribution in [1.29, 1.82) is 0 Å². The number of fused-ring (bicyclic) bond motifs is 1. The zero-order chi connectivity index (χ0) is 22.6. The molecular weight excluding hydrogens is 426 g/mol. The van der Waals surface area contributed by atoms with Gasteiger partial charge < -0.3 is 14.9 Å². The van der Waals surface area contributed by atoms with Gasteiger partial charge in [0.2, 0.25) is 0 Å². The monoisotopic (exact) mass is 447 g/mol. The Morgan fingerprint density at radius 3 is 2.72 bits per heavy atom. The second-order valence-electron chi connectivity index (χ2n) is 8.13. The molecule has 2 aromatic carbocycles. The predicted octanol–water partition coefficient (Wildman–Crippen LogP) is 4.71. The average molecular weight is 448 g/mol. The number of anilines is 1. The Morgan fingerprint density at radius 1 is 1.16 bits per heavy atom. The molecule has 0 bridgehead atoms. The number of aromatic hydroxyl groups is 1. The van der Waals surface area contributed by atoms with Crippen LogP contribution >= 0.6 is 11.3 Å². The molecule has 0 aliphatic carbocycles. The Bertz CT molecular complexity index is 1280. The Morgan fingerprint density at radius 2 is 1.97 bits per heavy atom. The van der Waals surface area contributed by atoms with Crippen LogP contribution in [0.25, 0.3) is 5.76 Å². The van der Waals surface area contributed by atoms with Crippen LogP contribution in [0.3, 0.4) is 0 Å². The van der Waals surface area contributed by atoms with Gasteiger partial charge in [-0.15, -0.1) is 11.3 Å². The molecule has 0 saturated carbocycles. The molecule has 2 aliphatic heterocycles. The SMILES string of the molecule is Cc1ccc(O)c(N2C(=O)C(=O)/C(=C(\O)c3ccc4c(c3)CC(C)O4)C2c2cccs2)c1. The molecular formula is C25H21NO5S. The number of nitrogens with zero attached hydrogens (tertiary/aromatic N) is 1. The number of benzene rings is 2. The molecule has 0 radical (unpaired) electrons. The van der Waals surface area contributed by atoms with E-state index in [1.807, 2.05) is 31.4 Å². The molecule has 3 aromatic rings. The average Bonchev–Trinajstić information content (AvgIpc) is 3.47. The first-order valence-electron chi connectivity index (χ1n) is 10.3. The van der Waals surface area contributed by atoms with Gasteiger partial charge in [-0.3, -0.25) is 14.5 Å². The van der Waals surface area contributed by atoms with Crippen molar-refractivity contribution in [2.24, 2.45) is 0 Å². The Balaban J connectivity index is 1.69. The van der Waals surface area contributed by atoms with E-state index in [0.717, 1.165) is 16.9 Å². The number of thiophene rings is 1. The number of amides is 1. The van der Waals surface area contributed by atoms with E-state index in [0.29, 0.717) is 16.9 Å². The summed E-state index contributed by atoms with van der Waals surface area (Å²) < 4.78 is 5.73. The summed E-state index contributed by atoms with van der Waals surface area (Å²) in [6, 6.07) is 12.9. The number of aliphatic hydroxyl groups excluding tert-OH is 1. The van der Waals surface area contributed by atoms with Crippen LogP contribution in [-0.2, 0) is 16.0 Å². The topological polar surface area (TPSA) is 87.1 Å². The summed E-state index contributed by atoms with van der Waals surface area (Å²) in [7, 11) is 0. The zero-order valence-electron chi connectivity index (χ0n) is 17.5. The first-order valence-corrected chi connectivity index (χ1v) is 11.2. The van der Waals surface area contributed by atoms with Crippen LogP contribution in [0.5, 0.6) is 11.5 Å². The highest BCUT2D eigenvalue weighted by Crippen LogP contribution is 2.46. The zero-order valence-corrected chi connectivity index (χ0v) is 18.3. The summed E-state index contributed by atoms with van der Waals surface area (Å²) in [6.07, 6.45) is 0.749. The fraction of sp³-hybridized carbons (Fsp3) is 0.200. The van der Waals surface area contributed by atoms with Gasteiger partial charge in [-0.2, -0.15) is 0 Å². The van der Waals surface area contributed by atoms with Crippen LogP contribution in [0.15, 0.2) is 59.5 Å². The van der Waals surface area contributed by atoms with Crippen LogP contribution in [-0.4, -0.2) is 28.0 Å². The van der Waals surface area contributed by atoms with E-state index < -0.39 is 17.7 Å². The van der Waals surface area contributed by atoms with Crippen LogP contribution in [0, 0.1) is 6.92 Å². The van der Waals surface area contributed by atoms with Gasteiger partial charge >= 0.3 is 0 Å². The smallest absolute Gasteiger partial charge is 0.300 e. The summed E-state index contributed by atoms with van der Waals surface area (Å²) in [6.45, 7) is 3.81. The number of ketones is 1. The number of hydrogen-bond acceptors (Lipinski definition) is 6. The van der Waals surface area contributed by atoms with E-state index in [4.69, 9.17) is 4.74 Å². The number of hydrogen-bond donors (Lipinski definition) is 2. The number of rotatable bonds is 3. The molecule has 6 nitrogen and oxygen atoms in total. The van der Waals surface area contributed by atoms with Crippen molar-refractivity contribution in [3.05, 3.63) is 81.1 Å². The number of Topliss-reactive ketones (excluding diaryl/α,β-unsaturated/α-hetero) is 1. The Kier molecular flexibility index (Phi) is 4.78. The van der Waals surface area contributed by atoms with Crippen molar-refractivity contribution in [1.82, 2.24) is 0 Å². The van der Waals surface area contributed by atoms with Crippen LogP contribution in [0.4, 0.5) is 5.69 Å². The molecule has 1 saturated heterocycles. The molecule has 1 fully saturated rings. The molecule has 32 heavy (non-hydrogen) atoms. The maximum atomic E-state index is 13.2. The summed E-state index contributed by atoms with van der Waals surface area (Å²) in [5, 5.41) is 23.6. The van der Waals surface area contributed by atoms with Gasteiger partial charge in [0.25, 0.3) is 11.7 Å². The van der Waals surface area contributed by atoms with Crippen LogP contribution < -0.4 is 9.64 Å². The first kappa shape index (κ1) is 20.3. The van der Waals surface area contributed by atoms with E-state index in [2.05, 4.69) is 0 Å². The predicted molar refractivity (Wildman–Crippen MR) is 122 cm³/mol. The lowest BCUT2D eigenvalue weighted by molar-refractivity contribution is -0.132. The largest absolute Gasteiger partial charge is 0.507 e. The van der Waals surface area contributed by atoms with Gasteiger partial charge in [-0.05, 0) is 66.8 Å². The maximum Gasteiger partial charge on any atom is 0.300 e. The second kappa shape index (κ2) is 7.53. The van der Waals surface area contributed by atoms with Crippen LogP contribution in [0.2, 0.25) is 0 Å².